The molecule has 1 N–H and O–H groups in total. The zero-order valence-corrected chi connectivity index (χ0v) is 14.6. The van der Waals surface area contributed by atoms with Crippen LogP contribution in [0.1, 0.15) is 36.8 Å². The molecule has 1 aliphatic carbocycles. The second-order valence-corrected chi connectivity index (χ2v) is 7.89. The van der Waals surface area contributed by atoms with Crippen molar-refractivity contribution < 1.29 is 13.2 Å². The highest BCUT2D eigenvalue weighted by Crippen LogP contribution is 2.23. The predicted octanol–water partition coefficient (Wildman–Crippen LogP) is 2.12. The fourth-order valence-electron chi connectivity index (χ4n) is 2.67. The summed E-state index contributed by atoms with van der Waals surface area (Å²) in [5.74, 6) is -0.435. The van der Waals surface area contributed by atoms with Crippen LogP contribution in [0.2, 0.25) is 0 Å². The summed E-state index contributed by atoms with van der Waals surface area (Å²) in [6, 6.07) is 5.45. The fraction of sp³-hybridized carbons (Fsp3) is 0.500. The van der Waals surface area contributed by atoms with Gasteiger partial charge in [-0.25, -0.2) is 13.8 Å². The van der Waals surface area contributed by atoms with E-state index in [9.17, 15) is 13.2 Å². The van der Waals surface area contributed by atoms with E-state index in [0.717, 1.165) is 53.1 Å². The first-order valence-corrected chi connectivity index (χ1v) is 9.51. The maximum Gasteiger partial charge on any atom is 0.260 e. The summed E-state index contributed by atoms with van der Waals surface area (Å²) in [5, 5.41) is 4.08. The summed E-state index contributed by atoms with van der Waals surface area (Å²) in [6.45, 7) is 3.49. The van der Waals surface area contributed by atoms with E-state index in [4.69, 9.17) is 0 Å². The number of hydrogen-bond acceptors (Lipinski definition) is 4. The summed E-state index contributed by atoms with van der Waals surface area (Å²) >= 11 is 0. The molecule has 23 heavy (non-hydrogen) atoms. The van der Waals surface area contributed by atoms with E-state index >= 15 is 0 Å². The van der Waals surface area contributed by atoms with Crippen LogP contribution in [0.15, 0.2) is 23.3 Å². The van der Waals surface area contributed by atoms with Crippen LogP contribution in [0.3, 0.4) is 0 Å². The van der Waals surface area contributed by atoms with Gasteiger partial charge in [0.1, 0.15) is 6.54 Å². The number of nitrogens with zero attached hydrogens (tertiary/aromatic N) is 2. The lowest BCUT2D eigenvalue weighted by atomic mass is 10.1. The van der Waals surface area contributed by atoms with Gasteiger partial charge in [0.2, 0.25) is 10.0 Å². The van der Waals surface area contributed by atoms with Crippen LogP contribution in [0.5, 0.6) is 0 Å². The molecule has 0 bridgehead atoms. The third-order valence-electron chi connectivity index (χ3n) is 3.83. The number of rotatable bonds is 5. The van der Waals surface area contributed by atoms with E-state index in [2.05, 4.69) is 10.5 Å². The molecule has 0 aliphatic heterocycles. The van der Waals surface area contributed by atoms with Crippen molar-refractivity contribution in [2.75, 3.05) is 17.1 Å². The lowest BCUT2D eigenvalue weighted by Crippen LogP contribution is -2.39. The first-order valence-electron chi connectivity index (χ1n) is 7.66. The molecule has 7 heteroatoms. The van der Waals surface area contributed by atoms with Crippen molar-refractivity contribution in [1.82, 2.24) is 5.43 Å². The van der Waals surface area contributed by atoms with Crippen LogP contribution in [0, 0.1) is 13.8 Å². The van der Waals surface area contributed by atoms with Crippen LogP contribution in [-0.2, 0) is 14.8 Å². The Morgan fingerprint density at radius 2 is 1.91 bits per heavy atom. The Balaban J connectivity index is 2.16. The van der Waals surface area contributed by atoms with Crippen LogP contribution in [-0.4, -0.2) is 32.8 Å². The second kappa shape index (κ2) is 7.12. The Kier molecular flexibility index (Phi) is 5.41. The quantitative estimate of drug-likeness (QED) is 0.836. The lowest BCUT2D eigenvalue weighted by molar-refractivity contribution is -0.119. The zero-order chi connectivity index (χ0) is 17.0. The van der Waals surface area contributed by atoms with Gasteiger partial charge in [-0.05, 0) is 51.2 Å². The molecule has 1 aliphatic rings. The van der Waals surface area contributed by atoms with Gasteiger partial charge in [0.25, 0.3) is 5.91 Å². The van der Waals surface area contributed by atoms with Crippen molar-refractivity contribution in [1.29, 1.82) is 0 Å². The van der Waals surface area contributed by atoms with Gasteiger partial charge in [0.05, 0.1) is 11.9 Å². The highest BCUT2D eigenvalue weighted by atomic mass is 32.2. The molecule has 1 aromatic carbocycles. The Morgan fingerprint density at radius 3 is 2.48 bits per heavy atom. The maximum atomic E-state index is 12.1. The minimum Gasteiger partial charge on any atom is -0.271 e. The van der Waals surface area contributed by atoms with Crippen LogP contribution in [0.25, 0.3) is 0 Å². The average Bonchev–Trinajstić information content (AvgIpc) is 2.95. The highest BCUT2D eigenvalue weighted by molar-refractivity contribution is 7.92. The van der Waals surface area contributed by atoms with Crippen molar-refractivity contribution in [3.63, 3.8) is 0 Å². The number of anilines is 1. The largest absolute Gasteiger partial charge is 0.271 e. The number of nitrogens with one attached hydrogen (secondary N) is 1. The molecule has 1 amide bonds. The number of hydrazone groups is 1. The number of carbonyl (C=O) groups is 1. The van der Waals surface area contributed by atoms with Gasteiger partial charge < -0.3 is 0 Å². The van der Waals surface area contributed by atoms with Crippen molar-refractivity contribution in [3.05, 3.63) is 29.3 Å². The smallest absolute Gasteiger partial charge is 0.260 e. The first kappa shape index (κ1) is 17.5. The molecule has 1 aromatic rings. The number of sulfonamides is 1. The molecule has 0 atom stereocenters. The molecule has 0 spiro atoms. The number of hydrogen-bond donors (Lipinski definition) is 1. The van der Waals surface area contributed by atoms with E-state index in [0.29, 0.717) is 5.69 Å². The third-order valence-corrected chi connectivity index (χ3v) is 4.95. The van der Waals surface area contributed by atoms with Crippen LogP contribution >= 0.6 is 0 Å². The van der Waals surface area contributed by atoms with Gasteiger partial charge in [0.15, 0.2) is 0 Å². The van der Waals surface area contributed by atoms with E-state index in [1.807, 2.05) is 26.0 Å². The van der Waals surface area contributed by atoms with Crippen molar-refractivity contribution in [2.24, 2.45) is 5.10 Å². The average molecular weight is 337 g/mol. The molecule has 1 saturated carbocycles. The van der Waals surface area contributed by atoms with E-state index in [1.165, 1.54) is 0 Å². The Hall–Kier alpha value is -1.89. The van der Waals surface area contributed by atoms with Gasteiger partial charge in [-0.3, -0.25) is 9.10 Å². The van der Waals surface area contributed by atoms with Crippen molar-refractivity contribution in [2.45, 2.75) is 39.5 Å². The van der Waals surface area contributed by atoms with Crippen LogP contribution in [0.4, 0.5) is 5.69 Å². The SMILES string of the molecule is Cc1ccc(N(CC(=O)NN=C2CCCC2)S(C)(=O)=O)c(C)c1. The lowest BCUT2D eigenvalue weighted by Gasteiger charge is -2.23. The standard InChI is InChI=1S/C16H23N3O3S/c1-12-8-9-15(13(2)10-12)19(23(3,21)22)11-16(20)18-17-14-6-4-5-7-14/h8-10H,4-7,11H2,1-3H3,(H,18,20). The molecule has 0 unspecified atom stereocenters. The topological polar surface area (TPSA) is 78.8 Å². The van der Waals surface area contributed by atoms with Gasteiger partial charge in [-0.1, -0.05) is 17.7 Å². The predicted molar refractivity (Wildman–Crippen MR) is 92.2 cm³/mol. The Bertz CT molecular complexity index is 718. The highest BCUT2D eigenvalue weighted by Gasteiger charge is 2.22. The number of carbonyl (C=O) groups excluding carboxylic acids is 1. The molecular formula is C16H23N3O3S. The summed E-state index contributed by atoms with van der Waals surface area (Å²) in [6.07, 6.45) is 5.07. The van der Waals surface area contributed by atoms with Gasteiger partial charge in [-0.15, -0.1) is 0 Å². The second-order valence-electron chi connectivity index (χ2n) is 5.98. The number of aryl methyl sites for hydroxylation is 2. The van der Waals surface area contributed by atoms with E-state index in [-0.39, 0.29) is 6.54 Å². The molecule has 1 fully saturated rings. The third kappa shape index (κ3) is 4.79. The molecule has 126 valence electrons. The Morgan fingerprint density at radius 1 is 1.26 bits per heavy atom. The zero-order valence-electron chi connectivity index (χ0n) is 13.8. The molecule has 6 nitrogen and oxygen atoms in total. The molecule has 0 saturated heterocycles. The molecule has 0 radical (unpaired) electrons. The molecule has 0 aromatic heterocycles. The summed E-state index contributed by atoms with van der Waals surface area (Å²) in [7, 11) is -3.56. The van der Waals surface area contributed by atoms with Gasteiger partial charge >= 0.3 is 0 Å². The summed E-state index contributed by atoms with van der Waals surface area (Å²) in [5.41, 5.74) is 5.80. The minimum absolute atomic E-state index is 0.278. The summed E-state index contributed by atoms with van der Waals surface area (Å²) < 4.78 is 25.3. The number of benzene rings is 1. The van der Waals surface area contributed by atoms with E-state index < -0.39 is 15.9 Å². The van der Waals surface area contributed by atoms with Crippen molar-refractivity contribution in [3.8, 4) is 0 Å². The van der Waals surface area contributed by atoms with Crippen LogP contribution < -0.4 is 9.73 Å². The van der Waals surface area contributed by atoms with Gasteiger partial charge in [-0.2, -0.15) is 5.10 Å². The Labute approximate surface area is 137 Å². The van der Waals surface area contributed by atoms with E-state index in [1.54, 1.807) is 6.07 Å². The molecule has 0 heterocycles. The minimum atomic E-state index is -3.56. The maximum absolute atomic E-state index is 12.1. The first-order chi connectivity index (χ1) is 10.8. The fourth-order valence-corrected chi connectivity index (χ4v) is 3.58. The summed E-state index contributed by atoms with van der Waals surface area (Å²) in [4.78, 5) is 12.1. The number of amides is 1. The molecule has 2 rings (SSSR count). The van der Waals surface area contributed by atoms with Gasteiger partial charge in [0, 0.05) is 5.71 Å². The monoisotopic (exact) mass is 337 g/mol. The normalized spacial score (nSPS) is 14.7. The molecular weight excluding hydrogens is 314 g/mol. The van der Waals surface area contributed by atoms with Crippen molar-refractivity contribution >= 4 is 27.3 Å².